The van der Waals surface area contributed by atoms with E-state index in [9.17, 15) is 0 Å². The highest BCUT2D eigenvalue weighted by molar-refractivity contribution is 9.11. The van der Waals surface area contributed by atoms with Crippen LogP contribution < -0.4 is 4.74 Å². The van der Waals surface area contributed by atoms with Crippen molar-refractivity contribution in [1.29, 1.82) is 0 Å². The Morgan fingerprint density at radius 1 is 0.867 bits per heavy atom. The van der Waals surface area contributed by atoms with Gasteiger partial charge >= 0.3 is 0 Å². The number of ether oxygens (including phenoxy) is 1. The smallest absolute Gasteiger partial charge is 0.127 e. The summed E-state index contributed by atoms with van der Waals surface area (Å²) < 4.78 is 8.07. The Balaban J connectivity index is 3.39. The number of benzene rings is 1. The van der Waals surface area contributed by atoms with Crippen molar-refractivity contribution in [2.45, 2.75) is 40.7 Å². The predicted octanol–water partition coefficient (Wildman–Crippen LogP) is 4.92. The quantitative estimate of drug-likeness (QED) is 0.745. The third-order valence-corrected chi connectivity index (χ3v) is 4.73. The molecule has 0 N–H and O–H groups in total. The van der Waals surface area contributed by atoms with Crippen LogP contribution in [-0.2, 0) is 0 Å². The molecule has 0 saturated heterocycles. The SMILES string of the molecule is Cc1c(Br)c(C)c(OC(C)C)c(C)c1Br. The molecule has 0 fully saturated rings. The number of hydrogen-bond donors (Lipinski definition) is 0. The third kappa shape index (κ3) is 2.56. The van der Waals surface area contributed by atoms with Crippen LogP contribution in [0.2, 0.25) is 0 Å². The fourth-order valence-corrected chi connectivity index (χ4v) is 2.57. The fraction of sp³-hybridized carbons (Fsp3) is 0.500. The van der Waals surface area contributed by atoms with Gasteiger partial charge in [-0.2, -0.15) is 0 Å². The summed E-state index contributed by atoms with van der Waals surface area (Å²) in [5.74, 6) is 0.981. The molecule has 0 spiro atoms. The van der Waals surface area contributed by atoms with Crippen molar-refractivity contribution >= 4 is 31.9 Å². The molecule has 84 valence electrons. The molecule has 1 nitrogen and oxygen atoms in total. The van der Waals surface area contributed by atoms with Crippen LogP contribution in [0.25, 0.3) is 0 Å². The Kier molecular flexibility index (Phi) is 4.24. The van der Waals surface area contributed by atoms with Crippen molar-refractivity contribution in [2.75, 3.05) is 0 Å². The van der Waals surface area contributed by atoms with Gasteiger partial charge in [-0.25, -0.2) is 0 Å². The van der Waals surface area contributed by atoms with Crippen LogP contribution in [0.5, 0.6) is 5.75 Å². The maximum absolute atomic E-state index is 5.83. The molecule has 3 heteroatoms. The van der Waals surface area contributed by atoms with Gasteiger partial charge in [0.05, 0.1) is 6.10 Å². The number of rotatable bonds is 2. The minimum Gasteiger partial charge on any atom is -0.490 e. The molecule has 0 bridgehead atoms. The van der Waals surface area contributed by atoms with E-state index in [0.29, 0.717) is 0 Å². The zero-order chi connectivity index (χ0) is 11.7. The van der Waals surface area contributed by atoms with E-state index in [1.807, 2.05) is 13.8 Å². The van der Waals surface area contributed by atoms with Crippen molar-refractivity contribution in [3.8, 4) is 5.75 Å². The summed E-state index contributed by atoms with van der Waals surface area (Å²) in [4.78, 5) is 0. The molecule has 15 heavy (non-hydrogen) atoms. The number of halogens is 2. The van der Waals surface area contributed by atoms with Gasteiger partial charge in [-0.05, 0) is 40.2 Å². The monoisotopic (exact) mass is 334 g/mol. The van der Waals surface area contributed by atoms with Gasteiger partial charge < -0.3 is 4.74 Å². The van der Waals surface area contributed by atoms with Crippen LogP contribution in [0, 0.1) is 20.8 Å². The Labute approximate surface area is 108 Å². The normalized spacial score (nSPS) is 10.9. The molecule has 0 heterocycles. The highest BCUT2D eigenvalue weighted by Crippen LogP contribution is 2.39. The molecule has 1 aromatic carbocycles. The van der Waals surface area contributed by atoms with E-state index in [1.165, 1.54) is 16.7 Å². The van der Waals surface area contributed by atoms with Crippen molar-refractivity contribution in [3.63, 3.8) is 0 Å². The van der Waals surface area contributed by atoms with Gasteiger partial charge in [-0.1, -0.05) is 31.9 Å². The van der Waals surface area contributed by atoms with Crippen molar-refractivity contribution < 1.29 is 4.74 Å². The Morgan fingerprint density at radius 3 is 1.60 bits per heavy atom. The van der Waals surface area contributed by atoms with Gasteiger partial charge in [0.2, 0.25) is 0 Å². The molecule has 0 aliphatic rings. The van der Waals surface area contributed by atoms with E-state index < -0.39 is 0 Å². The maximum Gasteiger partial charge on any atom is 0.127 e. The van der Waals surface area contributed by atoms with Crippen molar-refractivity contribution in [2.24, 2.45) is 0 Å². The van der Waals surface area contributed by atoms with Gasteiger partial charge in [0.15, 0.2) is 0 Å². The van der Waals surface area contributed by atoms with Crippen LogP contribution in [0.1, 0.15) is 30.5 Å². The molecule has 1 aromatic rings. The first-order valence-corrected chi connectivity index (χ1v) is 6.56. The Hall–Kier alpha value is -0.0200. The molecule has 0 unspecified atom stereocenters. The standard InChI is InChI=1S/C12H16Br2O/c1-6(2)15-12-8(4)10(13)7(3)11(14)9(12)5/h6H,1-5H3. The minimum atomic E-state index is 0.198. The zero-order valence-corrected chi connectivity index (χ0v) is 12.9. The summed E-state index contributed by atoms with van der Waals surface area (Å²) in [6.45, 7) is 10.3. The van der Waals surface area contributed by atoms with Crippen LogP contribution in [0.15, 0.2) is 8.95 Å². The highest BCUT2D eigenvalue weighted by atomic mass is 79.9. The number of hydrogen-bond acceptors (Lipinski definition) is 1. The van der Waals surface area contributed by atoms with Gasteiger partial charge in [0.1, 0.15) is 5.75 Å². The van der Waals surface area contributed by atoms with Gasteiger partial charge in [-0.3, -0.25) is 0 Å². The van der Waals surface area contributed by atoms with E-state index in [-0.39, 0.29) is 6.10 Å². The first kappa shape index (κ1) is 13.0. The highest BCUT2D eigenvalue weighted by Gasteiger charge is 2.15. The molecule has 0 aliphatic heterocycles. The second kappa shape index (κ2) is 4.88. The summed E-state index contributed by atoms with van der Waals surface area (Å²) in [5, 5.41) is 0. The summed E-state index contributed by atoms with van der Waals surface area (Å²) in [6.07, 6.45) is 0.198. The molecule has 0 aliphatic carbocycles. The van der Waals surface area contributed by atoms with Crippen LogP contribution in [0.4, 0.5) is 0 Å². The topological polar surface area (TPSA) is 9.23 Å². The lowest BCUT2D eigenvalue weighted by Crippen LogP contribution is -2.09. The lowest BCUT2D eigenvalue weighted by atomic mass is 10.1. The van der Waals surface area contributed by atoms with E-state index >= 15 is 0 Å². The van der Waals surface area contributed by atoms with Gasteiger partial charge in [0, 0.05) is 20.1 Å². The average molecular weight is 336 g/mol. The summed E-state index contributed by atoms with van der Waals surface area (Å²) in [6, 6.07) is 0. The maximum atomic E-state index is 5.83. The zero-order valence-electron chi connectivity index (χ0n) is 9.74. The van der Waals surface area contributed by atoms with E-state index in [2.05, 4.69) is 52.6 Å². The molecule has 0 atom stereocenters. The van der Waals surface area contributed by atoms with Gasteiger partial charge in [-0.15, -0.1) is 0 Å². The first-order chi connectivity index (χ1) is 6.86. The molecule has 0 saturated carbocycles. The third-order valence-electron chi connectivity index (χ3n) is 2.35. The summed E-state index contributed by atoms with van der Waals surface area (Å²) in [7, 11) is 0. The fourth-order valence-electron chi connectivity index (χ4n) is 1.55. The molecule has 1 rings (SSSR count). The molecular weight excluding hydrogens is 320 g/mol. The minimum absolute atomic E-state index is 0.198. The van der Waals surface area contributed by atoms with Crippen LogP contribution in [0.3, 0.4) is 0 Å². The predicted molar refractivity (Wildman–Crippen MR) is 71.8 cm³/mol. The van der Waals surface area contributed by atoms with Crippen molar-refractivity contribution in [3.05, 3.63) is 25.6 Å². The molecule has 0 aromatic heterocycles. The summed E-state index contributed by atoms with van der Waals surface area (Å²) >= 11 is 7.19. The van der Waals surface area contributed by atoms with E-state index in [1.54, 1.807) is 0 Å². The van der Waals surface area contributed by atoms with Crippen LogP contribution in [-0.4, -0.2) is 6.10 Å². The van der Waals surface area contributed by atoms with Crippen LogP contribution >= 0.6 is 31.9 Å². The van der Waals surface area contributed by atoms with Crippen molar-refractivity contribution in [1.82, 2.24) is 0 Å². The second-order valence-electron chi connectivity index (χ2n) is 4.00. The Bertz CT molecular complexity index is 355. The first-order valence-electron chi connectivity index (χ1n) is 4.97. The Morgan fingerprint density at radius 2 is 1.27 bits per heavy atom. The lowest BCUT2D eigenvalue weighted by molar-refractivity contribution is 0.238. The van der Waals surface area contributed by atoms with E-state index in [4.69, 9.17) is 4.74 Å². The molecule has 0 amide bonds. The summed E-state index contributed by atoms with van der Waals surface area (Å²) in [5.41, 5.74) is 3.56. The molecule has 0 radical (unpaired) electrons. The lowest BCUT2D eigenvalue weighted by Gasteiger charge is -2.19. The second-order valence-corrected chi connectivity index (χ2v) is 5.58. The van der Waals surface area contributed by atoms with Gasteiger partial charge in [0.25, 0.3) is 0 Å². The average Bonchev–Trinajstić information content (AvgIpc) is 2.18. The van der Waals surface area contributed by atoms with E-state index in [0.717, 1.165) is 14.7 Å². The molecular formula is C12H16Br2O. The largest absolute Gasteiger partial charge is 0.490 e.